The Hall–Kier alpha value is -1.08. The Kier molecular flexibility index (Phi) is 4.01. The van der Waals surface area contributed by atoms with Crippen molar-refractivity contribution in [3.63, 3.8) is 0 Å². The van der Waals surface area contributed by atoms with Gasteiger partial charge in [-0.2, -0.15) is 0 Å². The van der Waals surface area contributed by atoms with E-state index >= 15 is 0 Å². The van der Waals surface area contributed by atoms with E-state index in [0.29, 0.717) is 5.16 Å². The topological polar surface area (TPSA) is 88.1 Å². The smallest absolute Gasteiger partial charge is 0.313 e. The van der Waals surface area contributed by atoms with Gasteiger partial charge in [0, 0.05) is 12.5 Å². The molecule has 0 bridgehead atoms. The van der Waals surface area contributed by atoms with E-state index in [4.69, 9.17) is 9.84 Å². The number of hydrogen-bond acceptors (Lipinski definition) is 5. The molecule has 1 aliphatic rings. The Morgan fingerprint density at radius 3 is 3.24 bits per heavy atom. The van der Waals surface area contributed by atoms with E-state index in [-0.39, 0.29) is 17.8 Å². The molecule has 2 atom stereocenters. The summed E-state index contributed by atoms with van der Waals surface area (Å²) in [6.45, 7) is 2.83. The van der Waals surface area contributed by atoms with Gasteiger partial charge in [-0.1, -0.05) is 18.7 Å². The van der Waals surface area contributed by atoms with Crippen LogP contribution in [-0.2, 0) is 9.53 Å². The standard InChI is InChI=1S/C10H15N3O3S/c1-2-7-6(3-4-16-7)9-11-10(13-12-9)17-5-8(14)15/h6-7H,2-5H2,1H3,(H,14,15)(H,11,12,13). The third-order valence-corrected chi connectivity index (χ3v) is 3.60. The summed E-state index contributed by atoms with van der Waals surface area (Å²) in [4.78, 5) is 14.7. The van der Waals surface area contributed by atoms with E-state index in [2.05, 4.69) is 22.1 Å². The van der Waals surface area contributed by atoms with Crippen molar-refractivity contribution in [3.8, 4) is 0 Å². The van der Waals surface area contributed by atoms with Crippen molar-refractivity contribution in [3.05, 3.63) is 5.82 Å². The van der Waals surface area contributed by atoms with Crippen LogP contribution in [0.25, 0.3) is 0 Å². The minimum absolute atomic E-state index is 0.0182. The third kappa shape index (κ3) is 2.98. The Labute approximate surface area is 103 Å². The summed E-state index contributed by atoms with van der Waals surface area (Å²) < 4.78 is 5.59. The summed E-state index contributed by atoms with van der Waals surface area (Å²) in [6.07, 6.45) is 2.08. The maximum Gasteiger partial charge on any atom is 0.313 e. The molecule has 1 aromatic rings. The van der Waals surface area contributed by atoms with Crippen LogP contribution in [0, 0.1) is 0 Å². The zero-order chi connectivity index (χ0) is 12.3. The van der Waals surface area contributed by atoms with Crippen LogP contribution in [0.5, 0.6) is 0 Å². The van der Waals surface area contributed by atoms with Gasteiger partial charge in [0.2, 0.25) is 5.16 Å². The lowest BCUT2D eigenvalue weighted by atomic mass is 9.99. The maximum atomic E-state index is 10.4. The SMILES string of the molecule is CCC1OCCC1c1nc(SCC(=O)O)n[nH]1. The van der Waals surface area contributed by atoms with Crippen LogP contribution in [-0.4, -0.2) is 44.7 Å². The zero-order valence-corrected chi connectivity index (χ0v) is 10.4. The number of thioether (sulfide) groups is 1. The fourth-order valence-electron chi connectivity index (χ4n) is 1.98. The number of ether oxygens (including phenoxy) is 1. The lowest BCUT2D eigenvalue weighted by molar-refractivity contribution is -0.133. The van der Waals surface area contributed by atoms with Crippen LogP contribution in [0.15, 0.2) is 5.16 Å². The van der Waals surface area contributed by atoms with Gasteiger partial charge in [-0.25, -0.2) is 4.98 Å². The number of aromatic nitrogens is 3. The number of nitrogens with zero attached hydrogens (tertiary/aromatic N) is 2. The average molecular weight is 257 g/mol. The quantitative estimate of drug-likeness (QED) is 0.772. The molecule has 17 heavy (non-hydrogen) atoms. The summed E-state index contributed by atoms with van der Waals surface area (Å²) >= 11 is 1.12. The van der Waals surface area contributed by atoms with Crippen LogP contribution < -0.4 is 0 Å². The van der Waals surface area contributed by atoms with E-state index in [1.165, 1.54) is 0 Å². The molecular weight excluding hydrogens is 242 g/mol. The summed E-state index contributed by atoms with van der Waals surface area (Å²) in [7, 11) is 0. The van der Waals surface area contributed by atoms with Crippen LogP contribution in [0.3, 0.4) is 0 Å². The summed E-state index contributed by atoms with van der Waals surface area (Å²) in [5.41, 5.74) is 0. The van der Waals surface area contributed by atoms with Gasteiger partial charge >= 0.3 is 5.97 Å². The van der Waals surface area contributed by atoms with E-state index in [9.17, 15) is 4.79 Å². The lowest BCUT2D eigenvalue weighted by Gasteiger charge is -2.13. The second-order valence-electron chi connectivity index (χ2n) is 3.90. The van der Waals surface area contributed by atoms with Gasteiger partial charge in [0.25, 0.3) is 0 Å². The van der Waals surface area contributed by atoms with Crippen molar-refractivity contribution >= 4 is 17.7 Å². The van der Waals surface area contributed by atoms with Crippen molar-refractivity contribution in [1.82, 2.24) is 15.2 Å². The van der Waals surface area contributed by atoms with Crippen molar-refractivity contribution in [2.75, 3.05) is 12.4 Å². The molecule has 1 fully saturated rings. The Morgan fingerprint density at radius 2 is 2.53 bits per heavy atom. The van der Waals surface area contributed by atoms with Crippen molar-refractivity contribution in [2.24, 2.45) is 0 Å². The molecule has 0 aromatic carbocycles. The highest BCUT2D eigenvalue weighted by atomic mass is 32.2. The van der Waals surface area contributed by atoms with E-state index in [1.807, 2.05) is 0 Å². The Balaban J connectivity index is 1.99. The first-order valence-corrected chi connectivity index (χ1v) is 6.57. The lowest BCUT2D eigenvalue weighted by Crippen LogP contribution is -2.14. The van der Waals surface area contributed by atoms with E-state index in [1.54, 1.807) is 0 Å². The van der Waals surface area contributed by atoms with E-state index < -0.39 is 5.97 Å². The van der Waals surface area contributed by atoms with Gasteiger partial charge < -0.3 is 9.84 Å². The van der Waals surface area contributed by atoms with Crippen LogP contribution in [0.1, 0.15) is 31.5 Å². The predicted octanol–water partition coefficient (Wildman–Crippen LogP) is 1.26. The fraction of sp³-hybridized carbons (Fsp3) is 0.700. The highest BCUT2D eigenvalue weighted by Crippen LogP contribution is 2.31. The number of carboxylic acid groups (broad SMARTS) is 1. The molecule has 1 aromatic heterocycles. The van der Waals surface area contributed by atoms with Crippen LogP contribution in [0.4, 0.5) is 0 Å². The highest BCUT2D eigenvalue weighted by molar-refractivity contribution is 7.99. The van der Waals surface area contributed by atoms with Gasteiger partial charge in [-0.15, -0.1) is 5.10 Å². The number of aromatic amines is 1. The molecule has 0 saturated carbocycles. The van der Waals surface area contributed by atoms with Crippen molar-refractivity contribution in [1.29, 1.82) is 0 Å². The molecule has 0 radical (unpaired) electrons. The summed E-state index contributed by atoms with van der Waals surface area (Å²) in [5.74, 6) is 0.182. The number of carbonyl (C=O) groups is 1. The molecule has 1 aliphatic heterocycles. The minimum atomic E-state index is -0.864. The molecule has 2 unspecified atom stereocenters. The minimum Gasteiger partial charge on any atom is -0.481 e. The number of H-pyrrole nitrogens is 1. The first-order valence-electron chi connectivity index (χ1n) is 5.59. The fourth-order valence-corrected chi connectivity index (χ4v) is 2.50. The predicted molar refractivity (Wildman–Crippen MR) is 62.1 cm³/mol. The molecule has 0 spiro atoms. The average Bonchev–Trinajstić information content (AvgIpc) is 2.94. The molecule has 1 saturated heterocycles. The molecule has 94 valence electrons. The molecular formula is C10H15N3O3S. The van der Waals surface area contributed by atoms with Gasteiger partial charge in [0.1, 0.15) is 5.82 Å². The second-order valence-corrected chi connectivity index (χ2v) is 4.84. The molecule has 7 heteroatoms. The van der Waals surface area contributed by atoms with Crippen molar-refractivity contribution < 1.29 is 14.6 Å². The normalized spacial score (nSPS) is 24.1. The molecule has 2 heterocycles. The Bertz CT molecular complexity index is 396. The summed E-state index contributed by atoms with van der Waals surface area (Å²) in [5, 5.41) is 15.9. The third-order valence-electron chi connectivity index (χ3n) is 2.77. The first kappa shape index (κ1) is 12.4. The number of rotatable bonds is 5. The molecule has 0 amide bonds. The number of carboxylic acids is 1. The highest BCUT2D eigenvalue weighted by Gasteiger charge is 2.30. The van der Waals surface area contributed by atoms with Crippen LogP contribution >= 0.6 is 11.8 Å². The van der Waals surface area contributed by atoms with Gasteiger partial charge in [0.05, 0.1) is 11.9 Å². The molecule has 2 rings (SSSR count). The first-order chi connectivity index (χ1) is 8.20. The molecule has 2 N–H and O–H groups in total. The van der Waals surface area contributed by atoms with Gasteiger partial charge in [-0.3, -0.25) is 9.89 Å². The molecule has 0 aliphatic carbocycles. The van der Waals surface area contributed by atoms with Crippen LogP contribution in [0.2, 0.25) is 0 Å². The number of hydrogen-bond donors (Lipinski definition) is 2. The number of nitrogens with one attached hydrogen (secondary N) is 1. The Morgan fingerprint density at radius 1 is 1.71 bits per heavy atom. The van der Waals surface area contributed by atoms with Gasteiger partial charge in [-0.05, 0) is 12.8 Å². The number of aliphatic carboxylic acids is 1. The monoisotopic (exact) mass is 257 g/mol. The van der Waals surface area contributed by atoms with Crippen molar-refractivity contribution in [2.45, 2.75) is 36.9 Å². The van der Waals surface area contributed by atoms with E-state index in [0.717, 1.165) is 37.0 Å². The summed E-state index contributed by atoms with van der Waals surface area (Å²) in [6, 6.07) is 0. The van der Waals surface area contributed by atoms with Gasteiger partial charge in [0.15, 0.2) is 0 Å². The zero-order valence-electron chi connectivity index (χ0n) is 9.55. The maximum absolute atomic E-state index is 10.4. The second kappa shape index (κ2) is 5.50. The molecule has 6 nitrogen and oxygen atoms in total. The largest absolute Gasteiger partial charge is 0.481 e.